The first-order valence-corrected chi connectivity index (χ1v) is 5.47. The number of carbonyl (C=O) groups is 1. The molecule has 0 aliphatic heterocycles. The third-order valence-electron chi connectivity index (χ3n) is 3.23. The summed E-state index contributed by atoms with van der Waals surface area (Å²) in [5.74, 6) is 0.449. The van der Waals surface area contributed by atoms with Crippen LogP contribution < -0.4 is 0 Å². The van der Waals surface area contributed by atoms with E-state index in [0.717, 1.165) is 18.4 Å². The fourth-order valence-electron chi connectivity index (χ4n) is 1.97. The molecule has 1 N–H and O–H groups in total. The van der Waals surface area contributed by atoms with E-state index in [-0.39, 0.29) is 5.78 Å². The second-order valence-electron chi connectivity index (χ2n) is 4.32. The van der Waals surface area contributed by atoms with Crippen LogP contribution in [-0.4, -0.2) is 10.9 Å². The summed E-state index contributed by atoms with van der Waals surface area (Å²) in [5.41, 5.74) is 1.57. The van der Waals surface area contributed by atoms with Gasteiger partial charge in [-0.1, -0.05) is 24.6 Å². The van der Waals surface area contributed by atoms with Gasteiger partial charge in [-0.25, -0.2) is 0 Å². The van der Waals surface area contributed by atoms with Crippen molar-refractivity contribution in [1.82, 2.24) is 0 Å². The average molecular weight is 204 g/mol. The minimum atomic E-state index is -0.391. The Bertz CT molecular complexity index is 367. The Hall–Kier alpha value is -1.15. The van der Waals surface area contributed by atoms with Crippen molar-refractivity contribution >= 4 is 5.78 Å². The summed E-state index contributed by atoms with van der Waals surface area (Å²) in [6.45, 7) is 1.55. The van der Waals surface area contributed by atoms with Gasteiger partial charge in [-0.2, -0.15) is 0 Å². The lowest BCUT2D eigenvalue weighted by Gasteiger charge is -2.30. The smallest absolute Gasteiger partial charge is 0.159 e. The number of hydrogen-bond donors (Lipinski definition) is 1. The van der Waals surface area contributed by atoms with Gasteiger partial charge in [0.1, 0.15) is 0 Å². The van der Waals surface area contributed by atoms with Gasteiger partial charge in [0.2, 0.25) is 0 Å². The largest absolute Gasteiger partial charge is 0.388 e. The number of benzene rings is 1. The Balaban J connectivity index is 2.19. The molecule has 1 aromatic rings. The molecule has 0 saturated heterocycles. The summed E-state index contributed by atoms with van der Waals surface area (Å²) in [6.07, 6.45) is 3.03. The van der Waals surface area contributed by atoms with E-state index in [1.165, 1.54) is 6.42 Å². The van der Waals surface area contributed by atoms with Crippen molar-refractivity contribution in [1.29, 1.82) is 0 Å². The maximum Gasteiger partial charge on any atom is 0.159 e. The first-order chi connectivity index (χ1) is 7.18. The summed E-state index contributed by atoms with van der Waals surface area (Å²) < 4.78 is 0. The molecule has 1 aliphatic carbocycles. The van der Waals surface area contributed by atoms with Crippen LogP contribution in [0.15, 0.2) is 24.3 Å². The molecular formula is C13H16O2. The lowest BCUT2D eigenvalue weighted by molar-refractivity contribution is 0.0620. The summed E-state index contributed by atoms with van der Waals surface area (Å²) in [6, 6.07) is 7.34. The molecule has 1 atom stereocenters. The first-order valence-electron chi connectivity index (χ1n) is 5.47. The molecule has 0 amide bonds. The Morgan fingerprint density at radius 2 is 2.20 bits per heavy atom. The van der Waals surface area contributed by atoms with Crippen molar-refractivity contribution in [3.05, 3.63) is 35.4 Å². The molecule has 1 aromatic carbocycles. The van der Waals surface area contributed by atoms with Gasteiger partial charge in [-0.15, -0.1) is 0 Å². The molecule has 1 unspecified atom stereocenters. The zero-order chi connectivity index (χ0) is 10.8. The Kier molecular flexibility index (Phi) is 2.87. The van der Waals surface area contributed by atoms with E-state index in [1.54, 1.807) is 13.0 Å². The quantitative estimate of drug-likeness (QED) is 0.769. The summed E-state index contributed by atoms with van der Waals surface area (Å²) >= 11 is 0. The molecule has 0 spiro atoms. The van der Waals surface area contributed by atoms with Crippen molar-refractivity contribution in [2.24, 2.45) is 5.92 Å². The van der Waals surface area contributed by atoms with Crippen LogP contribution in [0.3, 0.4) is 0 Å². The fourth-order valence-corrected chi connectivity index (χ4v) is 1.97. The second-order valence-corrected chi connectivity index (χ2v) is 4.32. The van der Waals surface area contributed by atoms with Gasteiger partial charge in [-0.3, -0.25) is 4.79 Å². The number of hydrogen-bond acceptors (Lipinski definition) is 2. The number of ketones is 1. The van der Waals surface area contributed by atoms with Crippen LogP contribution in [0.1, 0.15) is 48.2 Å². The zero-order valence-electron chi connectivity index (χ0n) is 8.94. The molecule has 2 rings (SSSR count). The lowest BCUT2D eigenvalue weighted by atomic mass is 9.78. The summed E-state index contributed by atoms with van der Waals surface area (Å²) in [5, 5.41) is 10.0. The molecule has 15 heavy (non-hydrogen) atoms. The number of rotatable bonds is 3. The highest BCUT2D eigenvalue weighted by atomic mass is 16.3. The van der Waals surface area contributed by atoms with Crippen LogP contribution in [0, 0.1) is 5.92 Å². The van der Waals surface area contributed by atoms with E-state index in [2.05, 4.69) is 0 Å². The van der Waals surface area contributed by atoms with Gasteiger partial charge in [0.25, 0.3) is 0 Å². The number of aliphatic hydroxyl groups excluding tert-OH is 1. The molecule has 1 fully saturated rings. The predicted molar refractivity (Wildman–Crippen MR) is 58.7 cm³/mol. The van der Waals surface area contributed by atoms with Gasteiger partial charge >= 0.3 is 0 Å². The van der Waals surface area contributed by atoms with Gasteiger partial charge in [0.15, 0.2) is 5.78 Å². The molecule has 1 aliphatic rings. The molecule has 0 heterocycles. The zero-order valence-corrected chi connectivity index (χ0v) is 8.94. The average Bonchev–Trinajstić information content (AvgIpc) is 2.15. The van der Waals surface area contributed by atoms with Gasteiger partial charge in [-0.05, 0) is 37.3 Å². The topological polar surface area (TPSA) is 37.3 Å². The van der Waals surface area contributed by atoms with Crippen LogP contribution in [0.5, 0.6) is 0 Å². The van der Waals surface area contributed by atoms with Crippen LogP contribution in [-0.2, 0) is 0 Å². The summed E-state index contributed by atoms with van der Waals surface area (Å²) in [7, 11) is 0. The van der Waals surface area contributed by atoms with Crippen LogP contribution in [0.25, 0.3) is 0 Å². The molecular weight excluding hydrogens is 188 g/mol. The van der Waals surface area contributed by atoms with Crippen molar-refractivity contribution in [2.45, 2.75) is 32.3 Å². The minimum absolute atomic E-state index is 0.0534. The Morgan fingerprint density at radius 3 is 2.73 bits per heavy atom. The van der Waals surface area contributed by atoms with Crippen molar-refractivity contribution < 1.29 is 9.90 Å². The number of aliphatic hydroxyl groups is 1. The van der Waals surface area contributed by atoms with E-state index in [4.69, 9.17) is 0 Å². The third kappa shape index (κ3) is 2.10. The number of Topliss-reactive ketones (excluding diaryl/α,β-unsaturated/α-hetero) is 1. The third-order valence-corrected chi connectivity index (χ3v) is 3.23. The molecule has 2 nitrogen and oxygen atoms in total. The monoisotopic (exact) mass is 204 g/mol. The SMILES string of the molecule is CC(=O)c1cccc(C(O)C2CCC2)c1. The van der Waals surface area contributed by atoms with E-state index >= 15 is 0 Å². The second kappa shape index (κ2) is 4.15. The molecule has 1 saturated carbocycles. The highest BCUT2D eigenvalue weighted by Crippen LogP contribution is 2.37. The van der Waals surface area contributed by atoms with Crippen molar-refractivity contribution in [3.8, 4) is 0 Å². The fraction of sp³-hybridized carbons (Fsp3) is 0.462. The maximum absolute atomic E-state index is 11.2. The van der Waals surface area contributed by atoms with Gasteiger partial charge < -0.3 is 5.11 Å². The lowest BCUT2D eigenvalue weighted by Crippen LogP contribution is -2.20. The van der Waals surface area contributed by atoms with Crippen molar-refractivity contribution in [3.63, 3.8) is 0 Å². The number of carbonyl (C=O) groups excluding carboxylic acids is 1. The van der Waals surface area contributed by atoms with E-state index in [1.807, 2.05) is 18.2 Å². The molecule has 2 heteroatoms. The highest BCUT2D eigenvalue weighted by Gasteiger charge is 2.26. The predicted octanol–water partition coefficient (Wildman–Crippen LogP) is 2.72. The van der Waals surface area contributed by atoms with E-state index in [0.29, 0.717) is 11.5 Å². The standard InChI is InChI=1S/C13H16O2/c1-9(14)11-6-3-7-12(8-11)13(15)10-4-2-5-10/h3,6-8,10,13,15H,2,4-5H2,1H3. The van der Waals surface area contributed by atoms with Crippen LogP contribution in [0.2, 0.25) is 0 Å². The van der Waals surface area contributed by atoms with E-state index in [9.17, 15) is 9.90 Å². The van der Waals surface area contributed by atoms with E-state index < -0.39 is 6.10 Å². The Labute approximate surface area is 89.9 Å². The highest BCUT2D eigenvalue weighted by molar-refractivity contribution is 5.94. The minimum Gasteiger partial charge on any atom is -0.388 e. The normalized spacial score (nSPS) is 18.3. The van der Waals surface area contributed by atoms with Crippen LogP contribution >= 0.6 is 0 Å². The van der Waals surface area contributed by atoms with Crippen molar-refractivity contribution in [2.75, 3.05) is 0 Å². The molecule has 0 radical (unpaired) electrons. The van der Waals surface area contributed by atoms with Crippen LogP contribution in [0.4, 0.5) is 0 Å². The Morgan fingerprint density at radius 1 is 1.47 bits per heavy atom. The first kappa shape index (κ1) is 10.4. The summed E-state index contributed by atoms with van der Waals surface area (Å²) in [4.78, 5) is 11.2. The molecule has 80 valence electrons. The maximum atomic E-state index is 11.2. The molecule has 0 bridgehead atoms. The van der Waals surface area contributed by atoms with Gasteiger partial charge in [0, 0.05) is 5.56 Å². The molecule has 0 aromatic heterocycles. The van der Waals surface area contributed by atoms with Gasteiger partial charge in [0.05, 0.1) is 6.10 Å².